The maximum absolute atomic E-state index is 5.86. The van der Waals surface area contributed by atoms with E-state index in [0.29, 0.717) is 13.2 Å². The molecule has 4 nitrogen and oxygen atoms in total. The van der Waals surface area contributed by atoms with Crippen LogP contribution in [0.15, 0.2) is 94.9 Å². The molecule has 0 unspecified atom stereocenters. The van der Waals surface area contributed by atoms with Crippen molar-refractivity contribution >= 4 is 11.8 Å². The SMILES string of the molecule is c1ccc(C[C@@H]2COC(c3ccc(C4=N[C@H](Cc5ccccc5)CO4)cc3)=N2)cc1. The zero-order chi connectivity index (χ0) is 20.2. The standard InChI is InChI=1S/C26H24N2O2/c1-3-7-19(8-4-1)15-23-17-29-25(27-23)21-11-13-22(14-12-21)26-28-24(18-30-26)16-20-9-5-2-6-10-20/h1-14,23-24H,15-18H2/t23-,24-/m1/s1. The summed E-state index contributed by atoms with van der Waals surface area (Å²) in [4.78, 5) is 9.55. The number of nitrogens with zero attached hydrogens (tertiary/aromatic N) is 2. The second-order valence-electron chi connectivity index (χ2n) is 7.75. The van der Waals surface area contributed by atoms with Crippen molar-refractivity contribution in [2.24, 2.45) is 9.98 Å². The molecule has 2 atom stereocenters. The molecule has 0 amide bonds. The first kappa shape index (κ1) is 18.6. The molecule has 0 aliphatic carbocycles. The third-order valence-corrected chi connectivity index (χ3v) is 5.43. The first-order valence-corrected chi connectivity index (χ1v) is 10.4. The van der Waals surface area contributed by atoms with E-state index in [9.17, 15) is 0 Å². The van der Waals surface area contributed by atoms with Gasteiger partial charge in [0.15, 0.2) is 0 Å². The summed E-state index contributed by atoms with van der Waals surface area (Å²) in [5.74, 6) is 1.44. The van der Waals surface area contributed by atoms with Gasteiger partial charge in [-0.15, -0.1) is 0 Å². The highest BCUT2D eigenvalue weighted by molar-refractivity contribution is 5.98. The predicted octanol–water partition coefficient (Wildman–Crippen LogP) is 4.46. The van der Waals surface area contributed by atoms with Crippen LogP contribution in [0.3, 0.4) is 0 Å². The van der Waals surface area contributed by atoms with Crippen LogP contribution in [-0.2, 0) is 22.3 Å². The molecule has 0 fully saturated rings. The fourth-order valence-electron chi connectivity index (χ4n) is 3.88. The third-order valence-electron chi connectivity index (χ3n) is 5.43. The fourth-order valence-corrected chi connectivity index (χ4v) is 3.88. The molecular weight excluding hydrogens is 372 g/mol. The summed E-state index contributed by atoms with van der Waals surface area (Å²) >= 11 is 0. The Morgan fingerprint density at radius 3 is 1.37 bits per heavy atom. The Kier molecular flexibility index (Phi) is 5.30. The third kappa shape index (κ3) is 4.28. The maximum atomic E-state index is 5.86. The first-order valence-electron chi connectivity index (χ1n) is 10.4. The molecule has 0 N–H and O–H groups in total. The van der Waals surface area contributed by atoms with Gasteiger partial charge in [0.05, 0.1) is 12.1 Å². The van der Waals surface area contributed by atoms with E-state index >= 15 is 0 Å². The summed E-state index contributed by atoms with van der Waals surface area (Å²) in [6, 6.07) is 29.3. The van der Waals surface area contributed by atoms with Gasteiger partial charge in [0.2, 0.25) is 11.8 Å². The normalized spacial score (nSPS) is 20.3. The summed E-state index contributed by atoms with van der Waals surface area (Å²) in [6.45, 7) is 1.26. The zero-order valence-electron chi connectivity index (χ0n) is 16.8. The summed E-state index contributed by atoms with van der Waals surface area (Å²) in [5, 5.41) is 0. The van der Waals surface area contributed by atoms with Crippen LogP contribution in [0.25, 0.3) is 0 Å². The molecule has 0 saturated heterocycles. The molecule has 150 valence electrons. The Labute approximate surface area is 176 Å². The zero-order valence-corrected chi connectivity index (χ0v) is 16.8. The summed E-state index contributed by atoms with van der Waals surface area (Å²) in [7, 11) is 0. The van der Waals surface area contributed by atoms with Crippen LogP contribution in [0, 0.1) is 0 Å². The molecule has 5 rings (SSSR count). The number of rotatable bonds is 6. The maximum Gasteiger partial charge on any atom is 0.216 e. The summed E-state index contributed by atoms with van der Waals surface area (Å²) < 4.78 is 11.7. The summed E-state index contributed by atoms with van der Waals surface area (Å²) in [5.41, 5.74) is 4.56. The lowest BCUT2D eigenvalue weighted by atomic mass is 10.1. The molecule has 2 aliphatic heterocycles. The van der Waals surface area contributed by atoms with Gasteiger partial charge >= 0.3 is 0 Å². The fraction of sp³-hybridized carbons (Fsp3) is 0.231. The average Bonchev–Trinajstić information content (AvgIpc) is 3.45. The van der Waals surface area contributed by atoms with E-state index in [0.717, 1.165) is 35.8 Å². The molecule has 3 aromatic carbocycles. The number of ether oxygens (including phenoxy) is 2. The molecule has 0 spiro atoms. The van der Waals surface area contributed by atoms with Gasteiger partial charge in [0.25, 0.3) is 0 Å². The molecule has 30 heavy (non-hydrogen) atoms. The molecule has 0 aromatic heterocycles. The van der Waals surface area contributed by atoms with Gasteiger partial charge in [-0.1, -0.05) is 60.7 Å². The van der Waals surface area contributed by atoms with Gasteiger partial charge in [0.1, 0.15) is 13.2 Å². The molecule has 3 aromatic rings. The van der Waals surface area contributed by atoms with Crippen LogP contribution in [0.4, 0.5) is 0 Å². The highest BCUT2D eigenvalue weighted by Gasteiger charge is 2.22. The predicted molar refractivity (Wildman–Crippen MR) is 119 cm³/mol. The summed E-state index contributed by atoms with van der Waals surface area (Å²) in [6.07, 6.45) is 1.80. The van der Waals surface area contributed by atoms with Crippen molar-refractivity contribution < 1.29 is 9.47 Å². The quantitative estimate of drug-likeness (QED) is 0.617. The smallest absolute Gasteiger partial charge is 0.216 e. The van der Waals surface area contributed by atoms with Crippen LogP contribution in [0.2, 0.25) is 0 Å². The molecule has 4 heteroatoms. The minimum atomic E-state index is 0.170. The minimum Gasteiger partial charge on any atom is -0.475 e. The van der Waals surface area contributed by atoms with Crippen LogP contribution < -0.4 is 0 Å². The van der Waals surface area contributed by atoms with E-state index in [2.05, 4.69) is 48.5 Å². The minimum absolute atomic E-state index is 0.170. The topological polar surface area (TPSA) is 43.2 Å². The first-order chi connectivity index (χ1) is 14.8. The monoisotopic (exact) mass is 396 g/mol. The van der Waals surface area contributed by atoms with Crippen molar-refractivity contribution in [2.45, 2.75) is 24.9 Å². The molecular formula is C26H24N2O2. The molecule has 0 bridgehead atoms. The second kappa shape index (κ2) is 8.54. The Hall–Kier alpha value is -3.40. The Bertz CT molecular complexity index is 957. The van der Waals surface area contributed by atoms with Gasteiger partial charge < -0.3 is 9.47 Å². The van der Waals surface area contributed by atoms with E-state index < -0.39 is 0 Å². The lowest BCUT2D eigenvalue weighted by molar-refractivity contribution is 0.316. The number of hydrogen-bond acceptors (Lipinski definition) is 4. The largest absolute Gasteiger partial charge is 0.475 e. The van der Waals surface area contributed by atoms with Gasteiger partial charge in [-0.05, 0) is 48.2 Å². The van der Waals surface area contributed by atoms with Crippen molar-refractivity contribution in [3.8, 4) is 0 Å². The number of hydrogen-bond donors (Lipinski definition) is 0. The Morgan fingerprint density at radius 1 is 0.567 bits per heavy atom. The number of aliphatic imine (C=N–C) groups is 2. The second-order valence-corrected chi connectivity index (χ2v) is 7.75. The Balaban J connectivity index is 1.24. The van der Waals surface area contributed by atoms with Gasteiger partial charge in [-0.3, -0.25) is 0 Å². The van der Waals surface area contributed by atoms with E-state index in [1.165, 1.54) is 11.1 Å². The van der Waals surface area contributed by atoms with Crippen molar-refractivity contribution in [3.05, 3.63) is 107 Å². The lowest BCUT2D eigenvalue weighted by Crippen LogP contribution is -2.09. The van der Waals surface area contributed by atoms with Gasteiger partial charge in [0, 0.05) is 11.1 Å². The van der Waals surface area contributed by atoms with Crippen LogP contribution >= 0.6 is 0 Å². The van der Waals surface area contributed by atoms with Crippen molar-refractivity contribution in [1.29, 1.82) is 0 Å². The molecule has 2 aliphatic rings. The Morgan fingerprint density at radius 2 is 0.967 bits per heavy atom. The molecule has 0 radical (unpaired) electrons. The van der Waals surface area contributed by atoms with Gasteiger partial charge in [-0.2, -0.15) is 0 Å². The molecule has 2 heterocycles. The number of benzene rings is 3. The van der Waals surface area contributed by atoms with Crippen LogP contribution in [0.1, 0.15) is 22.3 Å². The van der Waals surface area contributed by atoms with Crippen molar-refractivity contribution in [1.82, 2.24) is 0 Å². The molecule has 0 saturated carbocycles. The highest BCUT2D eigenvalue weighted by atomic mass is 16.5. The van der Waals surface area contributed by atoms with Crippen LogP contribution in [-0.4, -0.2) is 37.1 Å². The van der Waals surface area contributed by atoms with Crippen LogP contribution in [0.5, 0.6) is 0 Å². The van der Waals surface area contributed by atoms with Crippen molar-refractivity contribution in [2.75, 3.05) is 13.2 Å². The highest BCUT2D eigenvalue weighted by Crippen LogP contribution is 2.19. The van der Waals surface area contributed by atoms with E-state index in [1.54, 1.807) is 0 Å². The van der Waals surface area contributed by atoms with Crippen molar-refractivity contribution in [3.63, 3.8) is 0 Å². The lowest BCUT2D eigenvalue weighted by Gasteiger charge is -2.04. The van der Waals surface area contributed by atoms with E-state index in [4.69, 9.17) is 19.5 Å². The van der Waals surface area contributed by atoms with E-state index in [-0.39, 0.29) is 12.1 Å². The average molecular weight is 396 g/mol. The van der Waals surface area contributed by atoms with Gasteiger partial charge in [-0.25, -0.2) is 9.98 Å². The van der Waals surface area contributed by atoms with E-state index in [1.807, 2.05) is 36.4 Å².